The molecule has 0 aliphatic rings. The van der Waals surface area contributed by atoms with Crippen molar-refractivity contribution in [2.45, 2.75) is 12.8 Å². The van der Waals surface area contributed by atoms with Crippen LogP contribution in [0.3, 0.4) is 0 Å². The molecule has 3 aromatic rings. The SMILES string of the molecule is CS(=O)(=O)Nc1cc(NC(=O)CCc2nc(-c3ccsc3)no2)ccc1F. The van der Waals surface area contributed by atoms with Gasteiger partial charge in [-0.3, -0.25) is 9.52 Å². The highest BCUT2D eigenvalue weighted by Gasteiger charge is 2.13. The average molecular weight is 410 g/mol. The van der Waals surface area contributed by atoms with E-state index in [1.807, 2.05) is 16.8 Å². The van der Waals surface area contributed by atoms with E-state index in [2.05, 4.69) is 20.2 Å². The summed E-state index contributed by atoms with van der Waals surface area (Å²) in [4.78, 5) is 16.3. The summed E-state index contributed by atoms with van der Waals surface area (Å²) < 4.78 is 43.3. The summed E-state index contributed by atoms with van der Waals surface area (Å²) >= 11 is 1.51. The molecule has 0 spiro atoms. The van der Waals surface area contributed by atoms with Gasteiger partial charge in [0.2, 0.25) is 27.6 Å². The molecule has 142 valence electrons. The van der Waals surface area contributed by atoms with Gasteiger partial charge in [-0.1, -0.05) is 5.16 Å². The Labute approximate surface area is 158 Å². The van der Waals surface area contributed by atoms with Crippen LogP contribution >= 0.6 is 11.3 Å². The summed E-state index contributed by atoms with van der Waals surface area (Å²) in [5.41, 5.74) is 0.862. The summed E-state index contributed by atoms with van der Waals surface area (Å²) in [5.74, 6) is -0.320. The van der Waals surface area contributed by atoms with E-state index in [-0.39, 0.29) is 30.1 Å². The van der Waals surface area contributed by atoms with E-state index in [1.54, 1.807) is 0 Å². The second-order valence-corrected chi connectivity index (χ2v) is 8.17. The Morgan fingerprint density at radius 2 is 2.15 bits per heavy atom. The van der Waals surface area contributed by atoms with Crippen LogP contribution in [-0.4, -0.2) is 30.7 Å². The van der Waals surface area contributed by atoms with Gasteiger partial charge in [-0.2, -0.15) is 16.3 Å². The molecule has 3 rings (SSSR count). The number of benzene rings is 1. The first-order valence-electron chi connectivity index (χ1n) is 7.72. The molecule has 0 fully saturated rings. The van der Waals surface area contributed by atoms with Crippen LogP contribution in [0.1, 0.15) is 12.3 Å². The van der Waals surface area contributed by atoms with E-state index in [0.29, 0.717) is 11.7 Å². The van der Waals surface area contributed by atoms with Crippen LogP contribution in [0.5, 0.6) is 0 Å². The van der Waals surface area contributed by atoms with E-state index in [0.717, 1.165) is 17.9 Å². The molecule has 0 unspecified atom stereocenters. The minimum Gasteiger partial charge on any atom is -0.339 e. The van der Waals surface area contributed by atoms with Gasteiger partial charge in [-0.25, -0.2) is 12.8 Å². The Hall–Kier alpha value is -2.79. The molecule has 2 aromatic heterocycles. The fourth-order valence-corrected chi connectivity index (χ4v) is 3.38. The zero-order valence-electron chi connectivity index (χ0n) is 14.1. The number of anilines is 2. The van der Waals surface area contributed by atoms with Gasteiger partial charge in [0.1, 0.15) is 5.82 Å². The lowest BCUT2D eigenvalue weighted by atomic mass is 10.2. The van der Waals surface area contributed by atoms with Crippen molar-refractivity contribution in [1.29, 1.82) is 0 Å². The van der Waals surface area contributed by atoms with E-state index < -0.39 is 15.8 Å². The molecule has 27 heavy (non-hydrogen) atoms. The average Bonchev–Trinajstić information content (AvgIpc) is 3.25. The van der Waals surface area contributed by atoms with Crippen molar-refractivity contribution >= 4 is 38.6 Å². The summed E-state index contributed by atoms with van der Waals surface area (Å²) in [7, 11) is -3.64. The monoisotopic (exact) mass is 410 g/mol. The van der Waals surface area contributed by atoms with Crippen LogP contribution < -0.4 is 10.0 Å². The minimum atomic E-state index is -3.64. The quantitative estimate of drug-likeness (QED) is 0.619. The first-order valence-corrected chi connectivity index (χ1v) is 10.6. The molecule has 8 nitrogen and oxygen atoms in total. The molecule has 0 saturated heterocycles. The van der Waals surface area contributed by atoms with Gasteiger partial charge in [-0.05, 0) is 29.6 Å². The van der Waals surface area contributed by atoms with Crippen molar-refractivity contribution in [3.63, 3.8) is 0 Å². The Balaban J connectivity index is 1.59. The van der Waals surface area contributed by atoms with Crippen LogP contribution in [0.15, 0.2) is 39.5 Å². The minimum absolute atomic E-state index is 0.0669. The maximum absolute atomic E-state index is 13.7. The largest absolute Gasteiger partial charge is 0.339 e. The number of amides is 1. The summed E-state index contributed by atoms with van der Waals surface area (Å²) in [6.45, 7) is 0. The third-order valence-electron chi connectivity index (χ3n) is 3.36. The summed E-state index contributed by atoms with van der Waals surface area (Å²) in [6, 6.07) is 5.47. The molecule has 2 N–H and O–H groups in total. The Morgan fingerprint density at radius 1 is 1.33 bits per heavy atom. The first-order chi connectivity index (χ1) is 12.8. The highest BCUT2D eigenvalue weighted by molar-refractivity contribution is 7.92. The Bertz CT molecular complexity index is 1050. The first kappa shape index (κ1) is 19.0. The molecule has 1 aromatic carbocycles. The molecule has 0 atom stereocenters. The molecule has 0 saturated carbocycles. The second-order valence-electron chi connectivity index (χ2n) is 5.64. The maximum atomic E-state index is 13.7. The van der Waals surface area contributed by atoms with Gasteiger partial charge in [0, 0.05) is 29.5 Å². The molecule has 11 heteroatoms. The van der Waals surface area contributed by atoms with Crippen LogP contribution in [0, 0.1) is 5.82 Å². The number of hydrogen-bond donors (Lipinski definition) is 2. The predicted octanol–water partition coefficient (Wildman–Crippen LogP) is 2.88. The van der Waals surface area contributed by atoms with Crippen LogP contribution in [0.25, 0.3) is 11.4 Å². The second kappa shape index (κ2) is 7.84. The number of sulfonamides is 1. The highest BCUT2D eigenvalue weighted by atomic mass is 32.2. The smallest absolute Gasteiger partial charge is 0.229 e. The van der Waals surface area contributed by atoms with E-state index >= 15 is 0 Å². The summed E-state index contributed by atoms with van der Waals surface area (Å²) in [6.07, 6.45) is 1.21. The van der Waals surface area contributed by atoms with Crippen molar-refractivity contribution < 1.29 is 22.1 Å². The fraction of sp³-hybridized carbons (Fsp3) is 0.188. The number of halogens is 1. The van der Waals surface area contributed by atoms with Crippen LogP contribution in [-0.2, 0) is 21.2 Å². The number of nitrogens with zero attached hydrogens (tertiary/aromatic N) is 2. The van der Waals surface area contributed by atoms with Crippen molar-refractivity contribution in [1.82, 2.24) is 10.1 Å². The lowest BCUT2D eigenvalue weighted by molar-refractivity contribution is -0.116. The van der Waals surface area contributed by atoms with Crippen molar-refractivity contribution in [2.75, 3.05) is 16.3 Å². The molecule has 1 amide bonds. The predicted molar refractivity (Wildman–Crippen MR) is 99.4 cm³/mol. The van der Waals surface area contributed by atoms with Gasteiger partial charge in [0.05, 0.1) is 11.9 Å². The normalized spacial score (nSPS) is 11.3. The van der Waals surface area contributed by atoms with Crippen LogP contribution in [0.2, 0.25) is 0 Å². The number of carbonyl (C=O) groups is 1. The zero-order valence-corrected chi connectivity index (χ0v) is 15.7. The molecule has 0 aliphatic carbocycles. The van der Waals surface area contributed by atoms with Crippen LogP contribution in [0.4, 0.5) is 15.8 Å². The Kier molecular flexibility index (Phi) is 5.51. The Morgan fingerprint density at radius 3 is 2.85 bits per heavy atom. The molecule has 2 heterocycles. The molecular formula is C16H15FN4O4S2. The van der Waals surface area contributed by atoms with Gasteiger partial charge in [0.25, 0.3) is 0 Å². The van der Waals surface area contributed by atoms with Gasteiger partial charge in [-0.15, -0.1) is 0 Å². The maximum Gasteiger partial charge on any atom is 0.229 e. The van der Waals surface area contributed by atoms with Gasteiger partial charge < -0.3 is 9.84 Å². The number of aromatic nitrogens is 2. The molecular weight excluding hydrogens is 395 g/mol. The number of aryl methyl sites for hydroxylation is 1. The van der Waals surface area contributed by atoms with E-state index in [1.165, 1.54) is 23.5 Å². The third kappa shape index (κ3) is 5.34. The third-order valence-corrected chi connectivity index (χ3v) is 4.63. The van der Waals surface area contributed by atoms with Crippen molar-refractivity contribution in [3.05, 3.63) is 46.7 Å². The topological polar surface area (TPSA) is 114 Å². The van der Waals surface area contributed by atoms with E-state index in [4.69, 9.17) is 4.52 Å². The molecule has 0 aliphatic heterocycles. The van der Waals surface area contributed by atoms with Gasteiger partial charge in [0.15, 0.2) is 0 Å². The zero-order chi connectivity index (χ0) is 19.4. The summed E-state index contributed by atoms with van der Waals surface area (Å²) in [5, 5.41) is 10.2. The number of thiophene rings is 1. The standard InChI is InChI=1S/C16H15FN4O4S2/c1-27(23,24)21-13-8-11(2-3-12(13)17)18-14(22)4-5-15-19-16(20-25-15)10-6-7-26-9-10/h2-3,6-9,21H,4-5H2,1H3,(H,18,22). The number of carbonyl (C=O) groups excluding carboxylic acids is 1. The lowest BCUT2D eigenvalue weighted by Gasteiger charge is -2.09. The molecule has 0 bridgehead atoms. The van der Waals surface area contributed by atoms with Crippen molar-refractivity contribution in [3.8, 4) is 11.4 Å². The number of nitrogens with one attached hydrogen (secondary N) is 2. The molecule has 0 radical (unpaired) electrons. The van der Waals surface area contributed by atoms with Gasteiger partial charge >= 0.3 is 0 Å². The lowest BCUT2D eigenvalue weighted by Crippen LogP contribution is -2.14. The van der Waals surface area contributed by atoms with E-state index in [9.17, 15) is 17.6 Å². The highest BCUT2D eigenvalue weighted by Crippen LogP contribution is 2.21. The van der Waals surface area contributed by atoms with Crippen molar-refractivity contribution in [2.24, 2.45) is 0 Å². The fourth-order valence-electron chi connectivity index (χ4n) is 2.19. The number of rotatable bonds is 7. The number of hydrogen-bond acceptors (Lipinski definition) is 7.